The summed E-state index contributed by atoms with van der Waals surface area (Å²) in [6.07, 6.45) is 1.23. The van der Waals surface area contributed by atoms with E-state index in [0.29, 0.717) is 11.4 Å². The Bertz CT molecular complexity index is 630. The molecule has 0 radical (unpaired) electrons. The molecule has 0 aliphatic carbocycles. The van der Waals surface area contributed by atoms with Crippen molar-refractivity contribution in [3.05, 3.63) is 59.3 Å². The van der Waals surface area contributed by atoms with E-state index in [4.69, 9.17) is 5.11 Å². The number of carboxylic acid groups (broad SMARTS) is 1. The van der Waals surface area contributed by atoms with Crippen molar-refractivity contribution in [2.45, 2.75) is 6.54 Å². The molecule has 104 valence electrons. The molecule has 2 aromatic rings. The van der Waals surface area contributed by atoms with Crippen molar-refractivity contribution in [2.75, 3.05) is 11.9 Å². The Kier molecular flexibility index (Phi) is 3.93. The average Bonchev–Trinajstić information content (AvgIpc) is 2.42. The molecule has 0 spiro atoms. The maximum absolute atomic E-state index is 13.5. The van der Waals surface area contributed by atoms with E-state index in [1.807, 2.05) is 0 Å². The first-order chi connectivity index (χ1) is 9.47. The van der Waals surface area contributed by atoms with Crippen molar-refractivity contribution in [3.8, 4) is 0 Å². The van der Waals surface area contributed by atoms with Gasteiger partial charge >= 0.3 is 5.97 Å². The van der Waals surface area contributed by atoms with Gasteiger partial charge in [-0.15, -0.1) is 0 Å². The Balaban J connectivity index is 2.15. The van der Waals surface area contributed by atoms with Gasteiger partial charge in [0.2, 0.25) is 0 Å². The van der Waals surface area contributed by atoms with Crippen LogP contribution in [0.15, 0.2) is 36.5 Å². The van der Waals surface area contributed by atoms with Gasteiger partial charge in [0.05, 0.1) is 5.56 Å². The van der Waals surface area contributed by atoms with Gasteiger partial charge in [-0.2, -0.15) is 0 Å². The molecule has 0 atom stereocenters. The lowest BCUT2D eigenvalue weighted by atomic mass is 10.2. The van der Waals surface area contributed by atoms with E-state index in [2.05, 4.69) is 4.98 Å². The fraction of sp³-hybridized carbons (Fsp3) is 0.143. The van der Waals surface area contributed by atoms with Crippen molar-refractivity contribution in [3.63, 3.8) is 0 Å². The second-order valence-electron chi connectivity index (χ2n) is 4.30. The third kappa shape index (κ3) is 3.09. The summed E-state index contributed by atoms with van der Waals surface area (Å²) >= 11 is 0. The predicted octanol–water partition coefficient (Wildman–Crippen LogP) is 2.69. The number of carboxylic acids is 1. The molecule has 0 amide bonds. The molecule has 0 bridgehead atoms. The van der Waals surface area contributed by atoms with Crippen molar-refractivity contribution in [1.82, 2.24) is 4.98 Å². The number of hydrogen-bond donors (Lipinski definition) is 1. The summed E-state index contributed by atoms with van der Waals surface area (Å²) in [7, 11) is 1.69. The molecule has 2 rings (SSSR count). The van der Waals surface area contributed by atoms with Crippen LogP contribution in [0.5, 0.6) is 0 Å². The number of hydrogen-bond acceptors (Lipinski definition) is 3. The summed E-state index contributed by atoms with van der Waals surface area (Å²) in [5.41, 5.74) is 0.410. The maximum Gasteiger partial charge on any atom is 0.337 e. The maximum atomic E-state index is 13.5. The molecule has 0 saturated heterocycles. The largest absolute Gasteiger partial charge is 0.478 e. The summed E-state index contributed by atoms with van der Waals surface area (Å²) in [5.74, 6) is -1.81. The van der Waals surface area contributed by atoms with E-state index in [1.54, 1.807) is 11.9 Å². The number of nitrogens with zero attached hydrogens (tertiary/aromatic N) is 2. The highest BCUT2D eigenvalue weighted by Crippen LogP contribution is 2.16. The first-order valence-electron chi connectivity index (χ1n) is 5.82. The number of halogens is 2. The van der Waals surface area contributed by atoms with E-state index in [-0.39, 0.29) is 12.1 Å². The average molecular weight is 278 g/mol. The Labute approximate surface area is 114 Å². The molecular formula is C14H12F2N2O2. The van der Waals surface area contributed by atoms with E-state index < -0.39 is 17.6 Å². The summed E-state index contributed by atoms with van der Waals surface area (Å²) in [4.78, 5) is 16.3. The van der Waals surface area contributed by atoms with Gasteiger partial charge in [-0.25, -0.2) is 18.6 Å². The van der Waals surface area contributed by atoms with Crippen molar-refractivity contribution < 1.29 is 18.7 Å². The van der Waals surface area contributed by atoms with Crippen LogP contribution in [0.3, 0.4) is 0 Å². The number of rotatable bonds is 4. The van der Waals surface area contributed by atoms with Crippen molar-refractivity contribution in [1.29, 1.82) is 0 Å². The van der Waals surface area contributed by atoms with E-state index >= 15 is 0 Å². The molecule has 4 nitrogen and oxygen atoms in total. The quantitative estimate of drug-likeness (QED) is 0.934. The smallest absolute Gasteiger partial charge is 0.337 e. The SMILES string of the molecule is CN(Cc1ccc(F)cc1F)c1ccc(C(=O)O)cn1. The molecule has 1 aromatic heterocycles. The van der Waals surface area contributed by atoms with Gasteiger partial charge < -0.3 is 10.0 Å². The minimum absolute atomic E-state index is 0.0788. The van der Waals surface area contributed by atoms with Crippen LogP contribution >= 0.6 is 0 Å². The van der Waals surface area contributed by atoms with Gasteiger partial charge in [0.1, 0.15) is 17.5 Å². The lowest BCUT2D eigenvalue weighted by Gasteiger charge is -2.18. The number of aromatic carboxylic acids is 1. The molecule has 0 aliphatic rings. The first-order valence-corrected chi connectivity index (χ1v) is 5.82. The molecule has 20 heavy (non-hydrogen) atoms. The second kappa shape index (κ2) is 5.64. The molecular weight excluding hydrogens is 266 g/mol. The third-order valence-electron chi connectivity index (χ3n) is 2.81. The number of carbonyl (C=O) groups is 1. The van der Waals surface area contributed by atoms with E-state index in [0.717, 1.165) is 6.07 Å². The molecule has 1 N–H and O–H groups in total. The van der Waals surface area contributed by atoms with Crippen LogP contribution in [-0.2, 0) is 6.54 Å². The Morgan fingerprint density at radius 3 is 2.60 bits per heavy atom. The fourth-order valence-corrected chi connectivity index (χ4v) is 1.72. The van der Waals surface area contributed by atoms with Gasteiger partial charge in [-0.3, -0.25) is 0 Å². The zero-order chi connectivity index (χ0) is 14.7. The highest BCUT2D eigenvalue weighted by molar-refractivity contribution is 5.87. The topological polar surface area (TPSA) is 53.4 Å². The van der Waals surface area contributed by atoms with Gasteiger partial charge in [-0.1, -0.05) is 6.07 Å². The third-order valence-corrected chi connectivity index (χ3v) is 2.81. The van der Waals surface area contributed by atoms with Crippen molar-refractivity contribution in [2.24, 2.45) is 0 Å². The number of anilines is 1. The second-order valence-corrected chi connectivity index (χ2v) is 4.30. The number of benzene rings is 1. The Morgan fingerprint density at radius 1 is 1.30 bits per heavy atom. The summed E-state index contributed by atoms with van der Waals surface area (Å²) in [5, 5.41) is 8.77. The lowest BCUT2D eigenvalue weighted by Crippen LogP contribution is -2.18. The number of aromatic nitrogens is 1. The zero-order valence-corrected chi connectivity index (χ0v) is 10.7. The van der Waals surface area contributed by atoms with Gasteiger partial charge in [-0.05, 0) is 18.2 Å². The van der Waals surface area contributed by atoms with Gasteiger partial charge in [0, 0.05) is 31.4 Å². The van der Waals surface area contributed by atoms with Crippen LogP contribution < -0.4 is 4.90 Å². The molecule has 0 aliphatic heterocycles. The van der Waals surface area contributed by atoms with Crippen LogP contribution in [-0.4, -0.2) is 23.1 Å². The Hall–Kier alpha value is -2.50. The fourth-order valence-electron chi connectivity index (χ4n) is 1.72. The normalized spacial score (nSPS) is 10.3. The summed E-state index contributed by atoms with van der Waals surface area (Å²) in [6, 6.07) is 6.33. The molecule has 0 fully saturated rings. The van der Waals surface area contributed by atoms with Crippen LogP contribution in [0.2, 0.25) is 0 Å². The molecule has 1 heterocycles. The van der Waals surface area contributed by atoms with Crippen LogP contribution in [0.4, 0.5) is 14.6 Å². The van der Waals surface area contributed by atoms with Crippen LogP contribution in [0, 0.1) is 11.6 Å². The van der Waals surface area contributed by atoms with E-state index in [9.17, 15) is 13.6 Å². The highest BCUT2D eigenvalue weighted by Gasteiger charge is 2.10. The lowest BCUT2D eigenvalue weighted by molar-refractivity contribution is 0.0696. The highest BCUT2D eigenvalue weighted by atomic mass is 19.1. The van der Waals surface area contributed by atoms with Gasteiger partial charge in [0.25, 0.3) is 0 Å². The minimum atomic E-state index is -1.06. The predicted molar refractivity (Wildman–Crippen MR) is 69.7 cm³/mol. The molecule has 6 heteroatoms. The molecule has 0 saturated carbocycles. The van der Waals surface area contributed by atoms with Crippen LogP contribution in [0.1, 0.15) is 15.9 Å². The first kappa shape index (κ1) is 13.9. The summed E-state index contributed by atoms with van der Waals surface area (Å²) < 4.78 is 26.3. The summed E-state index contributed by atoms with van der Waals surface area (Å²) in [6.45, 7) is 0.200. The van der Waals surface area contributed by atoms with Gasteiger partial charge in [0.15, 0.2) is 0 Å². The Morgan fingerprint density at radius 2 is 2.05 bits per heavy atom. The molecule has 1 aromatic carbocycles. The minimum Gasteiger partial charge on any atom is -0.478 e. The monoisotopic (exact) mass is 278 g/mol. The van der Waals surface area contributed by atoms with Crippen LogP contribution in [0.25, 0.3) is 0 Å². The molecule has 0 unspecified atom stereocenters. The standard InChI is InChI=1S/C14H12F2N2O2/c1-18(8-10-2-4-11(15)6-12(10)16)13-5-3-9(7-17-13)14(19)20/h2-7H,8H2,1H3,(H,19,20). The van der Waals surface area contributed by atoms with Crippen molar-refractivity contribution >= 4 is 11.8 Å². The van der Waals surface area contributed by atoms with E-state index in [1.165, 1.54) is 30.5 Å². The zero-order valence-electron chi connectivity index (χ0n) is 10.7. The number of pyridine rings is 1.